The van der Waals surface area contributed by atoms with Gasteiger partial charge in [-0.05, 0) is 77.3 Å². The van der Waals surface area contributed by atoms with Gasteiger partial charge in [-0.2, -0.15) is 0 Å². The molecule has 0 aliphatic carbocycles. The maximum absolute atomic E-state index is 12.3. The Morgan fingerprint density at radius 2 is 1.96 bits per heavy atom. The maximum atomic E-state index is 12.3. The zero-order chi connectivity index (χ0) is 18.7. The Morgan fingerprint density at radius 3 is 2.69 bits per heavy atom. The molecule has 0 saturated carbocycles. The molecule has 2 aromatic carbocycles. The number of hydrogen-bond acceptors (Lipinski definition) is 3. The van der Waals surface area contributed by atoms with E-state index in [1.165, 1.54) is 0 Å². The first-order valence-corrected chi connectivity index (χ1v) is 10.0. The molecule has 132 valence electrons. The molecule has 0 aliphatic rings. The Morgan fingerprint density at radius 1 is 1.15 bits per heavy atom. The van der Waals surface area contributed by atoms with Crippen LogP contribution in [0.5, 0.6) is 0 Å². The largest absolute Gasteiger partial charge is 0.451 e. The van der Waals surface area contributed by atoms with Gasteiger partial charge in [0, 0.05) is 18.6 Å². The monoisotopic (exact) mass is 560 g/mol. The first-order chi connectivity index (χ1) is 12.4. The Labute approximate surface area is 182 Å². The molecule has 3 rings (SSSR count). The molecule has 1 amide bonds. The summed E-state index contributed by atoms with van der Waals surface area (Å²) < 4.78 is 7.54. The van der Waals surface area contributed by atoms with Crippen LogP contribution in [0.25, 0.3) is 11.3 Å². The van der Waals surface area contributed by atoms with Crippen LogP contribution in [0.1, 0.15) is 10.6 Å². The van der Waals surface area contributed by atoms with E-state index in [1.54, 1.807) is 24.3 Å². The normalized spacial score (nSPS) is 10.4. The van der Waals surface area contributed by atoms with Gasteiger partial charge in [-0.1, -0.05) is 39.7 Å². The molecular weight excluding hydrogens is 551 g/mol. The summed E-state index contributed by atoms with van der Waals surface area (Å²) in [5, 5.41) is 6.39. The molecule has 2 N–H and O–H groups in total. The number of benzene rings is 2. The summed E-state index contributed by atoms with van der Waals surface area (Å²) in [6.45, 7) is 0. The smallest absolute Gasteiger partial charge is 0.293 e. The lowest BCUT2D eigenvalue weighted by molar-refractivity contribution is 0.0951. The topological polar surface area (TPSA) is 54.3 Å². The molecule has 0 bridgehead atoms. The van der Waals surface area contributed by atoms with E-state index in [0.29, 0.717) is 10.8 Å². The minimum absolute atomic E-state index is 0.162. The SMILES string of the molecule is O=C(NC(=S)Nc1ccc(Br)cc1I)c1ccc(-c2cccc(Cl)c2)o1. The minimum atomic E-state index is -0.428. The molecule has 1 heterocycles. The molecule has 0 atom stereocenters. The molecule has 1 aromatic heterocycles. The van der Waals surface area contributed by atoms with Gasteiger partial charge >= 0.3 is 0 Å². The van der Waals surface area contributed by atoms with Gasteiger partial charge in [-0.15, -0.1) is 0 Å². The molecule has 26 heavy (non-hydrogen) atoms. The van der Waals surface area contributed by atoms with Crippen molar-refractivity contribution >= 4 is 79.0 Å². The van der Waals surface area contributed by atoms with Crippen molar-refractivity contribution in [3.05, 3.63) is 73.4 Å². The van der Waals surface area contributed by atoms with Crippen LogP contribution in [0.3, 0.4) is 0 Å². The van der Waals surface area contributed by atoms with Crippen LogP contribution in [-0.2, 0) is 0 Å². The van der Waals surface area contributed by atoms with E-state index in [4.69, 9.17) is 28.2 Å². The predicted molar refractivity (Wildman–Crippen MR) is 120 cm³/mol. The maximum Gasteiger partial charge on any atom is 0.293 e. The van der Waals surface area contributed by atoms with Crippen molar-refractivity contribution < 1.29 is 9.21 Å². The third-order valence-electron chi connectivity index (χ3n) is 3.35. The van der Waals surface area contributed by atoms with E-state index >= 15 is 0 Å². The van der Waals surface area contributed by atoms with Crippen LogP contribution < -0.4 is 10.6 Å². The number of amides is 1. The fourth-order valence-electron chi connectivity index (χ4n) is 2.17. The van der Waals surface area contributed by atoms with Gasteiger partial charge in [0.15, 0.2) is 10.9 Å². The molecule has 0 fully saturated rings. The summed E-state index contributed by atoms with van der Waals surface area (Å²) in [5.74, 6) is 0.288. The number of thiocarbonyl (C=S) groups is 1. The molecule has 0 radical (unpaired) electrons. The van der Waals surface area contributed by atoms with Gasteiger partial charge < -0.3 is 9.73 Å². The van der Waals surface area contributed by atoms with Gasteiger partial charge in [0.05, 0.1) is 5.69 Å². The van der Waals surface area contributed by atoms with Crippen molar-refractivity contribution in [2.75, 3.05) is 5.32 Å². The lowest BCUT2D eigenvalue weighted by Crippen LogP contribution is -2.34. The quantitative estimate of drug-likeness (QED) is 0.300. The first-order valence-electron chi connectivity index (χ1n) is 7.35. The van der Waals surface area contributed by atoms with Crippen molar-refractivity contribution in [3.8, 4) is 11.3 Å². The second kappa shape index (κ2) is 8.51. The van der Waals surface area contributed by atoms with Crippen LogP contribution in [-0.4, -0.2) is 11.0 Å². The number of anilines is 1. The van der Waals surface area contributed by atoms with E-state index in [-0.39, 0.29) is 10.9 Å². The first kappa shape index (κ1) is 19.3. The highest BCUT2D eigenvalue weighted by molar-refractivity contribution is 14.1. The molecular formula is C18H11BrClIN2O2S. The molecule has 0 unspecified atom stereocenters. The number of furan rings is 1. The molecule has 3 aromatic rings. The number of rotatable bonds is 3. The summed E-state index contributed by atoms with van der Waals surface area (Å²) in [6, 6.07) is 16.2. The highest BCUT2D eigenvalue weighted by atomic mass is 127. The summed E-state index contributed by atoms with van der Waals surface area (Å²) in [6.07, 6.45) is 0. The van der Waals surface area contributed by atoms with Crippen LogP contribution in [0, 0.1) is 3.57 Å². The Bertz CT molecular complexity index is 993. The summed E-state index contributed by atoms with van der Waals surface area (Å²) >= 11 is 16.8. The van der Waals surface area contributed by atoms with Crippen molar-refractivity contribution in [1.29, 1.82) is 0 Å². The zero-order valence-electron chi connectivity index (χ0n) is 13.1. The van der Waals surface area contributed by atoms with E-state index < -0.39 is 5.91 Å². The predicted octanol–water partition coefficient (Wildman–Crippen LogP) is 6.09. The standard InChI is InChI=1S/C18H11BrClIN2O2S/c19-11-4-5-14(13(21)9-11)22-18(26)23-17(24)16-7-6-15(25-16)10-2-1-3-12(20)8-10/h1-9H,(H2,22,23,24,26). The third-order valence-corrected chi connectivity index (χ3v) is 5.17. The van der Waals surface area contributed by atoms with Crippen molar-refractivity contribution in [2.24, 2.45) is 0 Å². The van der Waals surface area contributed by atoms with Crippen molar-refractivity contribution in [2.45, 2.75) is 0 Å². The van der Waals surface area contributed by atoms with Crippen LogP contribution in [0.15, 0.2) is 63.5 Å². The lowest BCUT2D eigenvalue weighted by Gasteiger charge is -2.10. The third kappa shape index (κ3) is 4.85. The molecule has 0 spiro atoms. The Kier molecular flexibility index (Phi) is 6.33. The van der Waals surface area contributed by atoms with E-state index in [1.807, 2.05) is 30.3 Å². The number of carbonyl (C=O) groups excluding carboxylic acids is 1. The van der Waals surface area contributed by atoms with Crippen molar-refractivity contribution in [3.63, 3.8) is 0 Å². The number of nitrogens with one attached hydrogen (secondary N) is 2. The average molecular weight is 562 g/mol. The van der Waals surface area contributed by atoms with E-state index in [9.17, 15) is 4.79 Å². The lowest BCUT2D eigenvalue weighted by atomic mass is 10.2. The van der Waals surface area contributed by atoms with Gasteiger partial charge in [0.2, 0.25) is 0 Å². The fourth-order valence-corrected chi connectivity index (χ4v) is 4.00. The van der Waals surface area contributed by atoms with E-state index in [0.717, 1.165) is 19.3 Å². The minimum Gasteiger partial charge on any atom is -0.451 e. The van der Waals surface area contributed by atoms with Gasteiger partial charge in [0.25, 0.3) is 5.91 Å². The van der Waals surface area contributed by atoms with Gasteiger partial charge in [-0.3, -0.25) is 10.1 Å². The molecule has 0 aliphatic heterocycles. The fraction of sp³-hybridized carbons (Fsp3) is 0. The molecule has 4 nitrogen and oxygen atoms in total. The number of hydrogen-bond donors (Lipinski definition) is 2. The second-order valence-electron chi connectivity index (χ2n) is 5.21. The van der Waals surface area contributed by atoms with Crippen LogP contribution in [0.4, 0.5) is 5.69 Å². The van der Waals surface area contributed by atoms with E-state index in [2.05, 4.69) is 49.2 Å². The molecule has 8 heteroatoms. The van der Waals surface area contributed by atoms with Crippen LogP contribution in [0.2, 0.25) is 5.02 Å². The summed E-state index contributed by atoms with van der Waals surface area (Å²) in [7, 11) is 0. The van der Waals surface area contributed by atoms with Crippen LogP contribution >= 0.6 is 62.3 Å². The van der Waals surface area contributed by atoms with Gasteiger partial charge in [-0.25, -0.2) is 0 Å². The summed E-state index contributed by atoms with van der Waals surface area (Å²) in [4.78, 5) is 12.3. The summed E-state index contributed by atoms with van der Waals surface area (Å²) in [5.41, 5.74) is 1.60. The van der Waals surface area contributed by atoms with Gasteiger partial charge in [0.1, 0.15) is 5.76 Å². The Hall–Kier alpha value is -1.42. The number of carbonyl (C=O) groups is 1. The highest BCUT2D eigenvalue weighted by Gasteiger charge is 2.14. The Balaban J connectivity index is 1.67. The highest BCUT2D eigenvalue weighted by Crippen LogP contribution is 2.25. The second-order valence-corrected chi connectivity index (χ2v) is 8.13. The zero-order valence-corrected chi connectivity index (χ0v) is 18.4. The average Bonchev–Trinajstić information content (AvgIpc) is 3.08. The molecule has 0 saturated heterocycles. The number of halogens is 3. The van der Waals surface area contributed by atoms with Crippen molar-refractivity contribution in [1.82, 2.24) is 5.32 Å².